The van der Waals surface area contributed by atoms with Crippen molar-refractivity contribution in [2.75, 3.05) is 29.2 Å². The lowest BCUT2D eigenvalue weighted by Crippen LogP contribution is -2.40. The zero-order chi connectivity index (χ0) is 15.5. The fourth-order valence-corrected chi connectivity index (χ4v) is 3.79. The molecule has 0 aromatic carbocycles. The van der Waals surface area contributed by atoms with Crippen LogP contribution in [0.5, 0.6) is 0 Å². The first-order valence-corrected chi connectivity index (χ1v) is 9.04. The molecule has 0 spiro atoms. The minimum absolute atomic E-state index is 0.172. The fraction of sp³-hybridized carbons (Fsp3) is 0.600. The fourth-order valence-electron chi connectivity index (χ4n) is 3.48. The zero-order valence-corrected chi connectivity index (χ0v) is 14.4. The van der Waals surface area contributed by atoms with Gasteiger partial charge in [0.25, 0.3) is 0 Å². The Bertz CT molecular complexity index is 528. The number of alkyl halides is 1. The Morgan fingerprint density at radius 3 is 2.91 bits per heavy atom. The molecule has 0 N–H and O–H groups in total. The number of halogens is 2. The molecule has 1 aromatic rings. The van der Waals surface area contributed by atoms with Gasteiger partial charge in [-0.2, -0.15) is 0 Å². The largest absolute Gasteiger partial charge is 0.371 e. The van der Waals surface area contributed by atoms with Crippen molar-refractivity contribution in [3.63, 3.8) is 0 Å². The summed E-state index contributed by atoms with van der Waals surface area (Å²) in [5.41, 5.74) is 0. The monoisotopic (exact) mass is 419 g/mol. The maximum absolute atomic E-state index is 13.0. The molecule has 2 aliphatic heterocycles. The van der Waals surface area contributed by atoms with E-state index in [-0.39, 0.29) is 17.8 Å². The highest BCUT2D eigenvalue weighted by atomic mass is 127. The third-order valence-corrected chi connectivity index (χ3v) is 4.88. The number of ether oxygens (including phenoxy) is 1. The average Bonchev–Trinajstić information content (AvgIpc) is 3.10. The predicted octanol–water partition coefficient (Wildman–Crippen LogP) is 2.20. The van der Waals surface area contributed by atoms with Crippen LogP contribution in [0.25, 0.3) is 0 Å². The molecular weight excluding hydrogens is 400 g/mol. The van der Waals surface area contributed by atoms with Crippen molar-refractivity contribution in [3.8, 4) is 0 Å². The van der Waals surface area contributed by atoms with Crippen molar-refractivity contribution in [2.24, 2.45) is 0 Å². The molecule has 0 bridgehead atoms. The summed E-state index contributed by atoms with van der Waals surface area (Å²) in [6.07, 6.45) is 3.59. The number of anilines is 1. The predicted molar refractivity (Wildman–Crippen MR) is 89.5 cm³/mol. The number of amides is 1. The maximum atomic E-state index is 13.0. The number of rotatable bonds is 5. The normalized spacial score (nSPS) is 23.9. The smallest absolute Gasteiger partial charge is 0.225 e. The van der Waals surface area contributed by atoms with E-state index >= 15 is 0 Å². The van der Waals surface area contributed by atoms with Crippen molar-refractivity contribution in [2.45, 2.75) is 31.3 Å². The molecule has 0 aliphatic carbocycles. The van der Waals surface area contributed by atoms with Gasteiger partial charge in [0.15, 0.2) is 0 Å². The summed E-state index contributed by atoms with van der Waals surface area (Å²) in [4.78, 5) is 20.7. The van der Waals surface area contributed by atoms with Crippen LogP contribution in [-0.4, -0.2) is 52.2 Å². The lowest BCUT2D eigenvalue weighted by Gasteiger charge is -2.26. The summed E-state index contributed by atoms with van der Waals surface area (Å²) in [6, 6.07) is 3.71. The standard InChI is InChI=1S/C15H19FIN3O2/c16-11-1-2-14(18-9-11)19-6-3-13-12(19)4-7-20(13)15(21)5-8-22-10-17/h1-2,9,12-13H,3-8,10H2/t12-,13-/m1/s1. The summed E-state index contributed by atoms with van der Waals surface area (Å²) >= 11 is 2.13. The number of hydrogen-bond donors (Lipinski definition) is 0. The Hall–Kier alpha value is -0.960. The molecule has 1 aromatic heterocycles. The molecule has 1 amide bonds. The van der Waals surface area contributed by atoms with Crippen molar-refractivity contribution < 1.29 is 13.9 Å². The number of pyridine rings is 1. The lowest BCUT2D eigenvalue weighted by atomic mass is 10.1. The van der Waals surface area contributed by atoms with Crippen LogP contribution in [-0.2, 0) is 9.53 Å². The SMILES string of the molecule is O=C(CCOCI)N1CC[C@@H]2[C@H]1CCN2c1ccc(F)cn1. The van der Waals surface area contributed by atoms with E-state index in [1.165, 1.54) is 12.3 Å². The highest BCUT2D eigenvalue weighted by molar-refractivity contribution is 14.1. The van der Waals surface area contributed by atoms with Crippen molar-refractivity contribution >= 4 is 34.3 Å². The van der Waals surface area contributed by atoms with Crippen molar-refractivity contribution in [1.82, 2.24) is 9.88 Å². The molecule has 2 fully saturated rings. The van der Waals surface area contributed by atoms with Gasteiger partial charge < -0.3 is 14.5 Å². The van der Waals surface area contributed by atoms with Crippen LogP contribution in [0, 0.1) is 5.82 Å². The minimum Gasteiger partial charge on any atom is -0.371 e. The topological polar surface area (TPSA) is 45.7 Å². The average molecular weight is 419 g/mol. The first-order chi connectivity index (χ1) is 10.7. The molecule has 5 nitrogen and oxygen atoms in total. The zero-order valence-electron chi connectivity index (χ0n) is 12.3. The number of fused-ring (bicyclic) bond motifs is 1. The van der Waals surface area contributed by atoms with E-state index in [0.29, 0.717) is 23.7 Å². The Morgan fingerprint density at radius 2 is 2.18 bits per heavy atom. The second kappa shape index (κ2) is 7.08. The highest BCUT2D eigenvalue weighted by Crippen LogP contribution is 2.34. The summed E-state index contributed by atoms with van der Waals surface area (Å²) in [6.45, 7) is 2.14. The summed E-state index contributed by atoms with van der Waals surface area (Å²) < 4.78 is 18.9. The van der Waals surface area contributed by atoms with Crippen molar-refractivity contribution in [1.29, 1.82) is 0 Å². The molecule has 3 heterocycles. The van der Waals surface area contributed by atoms with E-state index in [4.69, 9.17) is 4.74 Å². The molecule has 2 saturated heterocycles. The molecule has 22 heavy (non-hydrogen) atoms. The van der Waals surface area contributed by atoms with Crippen LogP contribution in [0.1, 0.15) is 19.3 Å². The molecule has 2 atom stereocenters. The van der Waals surface area contributed by atoms with Gasteiger partial charge in [-0.05, 0) is 25.0 Å². The van der Waals surface area contributed by atoms with Gasteiger partial charge in [0, 0.05) is 13.1 Å². The van der Waals surface area contributed by atoms with Crippen LogP contribution in [0.3, 0.4) is 0 Å². The van der Waals surface area contributed by atoms with Crippen molar-refractivity contribution in [3.05, 3.63) is 24.1 Å². The molecule has 0 radical (unpaired) electrons. The molecule has 7 heteroatoms. The van der Waals surface area contributed by atoms with Gasteiger partial charge >= 0.3 is 0 Å². The molecule has 0 saturated carbocycles. The Balaban J connectivity index is 1.63. The highest BCUT2D eigenvalue weighted by Gasteiger charge is 2.44. The number of carbonyl (C=O) groups is 1. The second-order valence-electron chi connectivity index (χ2n) is 5.59. The van der Waals surface area contributed by atoms with Crippen LogP contribution in [0.4, 0.5) is 10.2 Å². The maximum Gasteiger partial charge on any atom is 0.225 e. The van der Waals surface area contributed by atoms with Crippen LogP contribution < -0.4 is 4.90 Å². The van der Waals surface area contributed by atoms with Gasteiger partial charge in [-0.3, -0.25) is 4.79 Å². The quantitative estimate of drug-likeness (QED) is 0.417. The van der Waals surface area contributed by atoms with E-state index in [0.717, 1.165) is 31.7 Å². The number of nitrogens with zero attached hydrogens (tertiary/aromatic N) is 3. The van der Waals surface area contributed by atoms with E-state index in [2.05, 4.69) is 32.5 Å². The van der Waals surface area contributed by atoms with Crippen LogP contribution in [0.15, 0.2) is 18.3 Å². The number of aromatic nitrogens is 1. The molecule has 0 unspecified atom stereocenters. The third kappa shape index (κ3) is 3.19. The Morgan fingerprint density at radius 1 is 1.36 bits per heavy atom. The van der Waals surface area contributed by atoms with Crippen LogP contribution >= 0.6 is 22.6 Å². The van der Waals surface area contributed by atoms with Gasteiger partial charge in [-0.1, -0.05) is 22.6 Å². The van der Waals surface area contributed by atoms with E-state index in [1.807, 2.05) is 4.90 Å². The number of carbonyl (C=O) groups excluding carboxylic acids is 1. The summed E-state index contributed by atoms with van der Waals surface area (Å²) in [5, 5.41) is 0. The van der Waals surface area contributed by atoms with Gasteiger partial charge in [-0.15, -0.1) is 0 Å². The summed E-state index contributed by atoms with van der Waals surface area (Å²) in [7, 11) is 0. The van der Waals surface area contributed by atoms with Crippen LogP contribution in [0.2, 0.25) is 0 Å². The molecular formula is C15H19FIN3O2. The second-order valence-corrected chi connectivity index (χ2v) is 6.22. The molecule has 2 aliphatic rings. The van der Waals surface area contributed by atoms with E-state index in [9.17, 15) is 9.18 Å². The Labute approximate surface area is 143 Å². The van der Waals surface area contributed by atoms with Gasteiger partial charge in [-0.25, -0.2) is 9.37 Å². The van der Waals surface area contributed by atoms with E-state index in [1.54, 1.807) is 6.07 Å². The number of hydrogen-bond acceptors (Lipinski definition) is 4. The number of likely N-dealkylation sites (tertiary alicyclic amines) is 1. The van der Waals surface area contributed by atoms with Gasteiger partial charge in [0.05, 0.1) is 35.9 Å². The first kappa shape index (κ1) is 15.9. The van der Waals surface area contributed by atoms with Gasteiger partial charge in [0.1, 0.15) is 11.6 Å². The van der Waals surface area contributed by atoms with Gasteiger partial charge in [0.2, 0.25) is 5.91 Å². The Kier molecular flexibility index (Phi) is 5.12. The molecule has 3 rings (SSSR count). The minimum atomic E-state index is -0.321. The summed E-state index contributed by atoms with van der Waals surface area (Å²) in [5.74, 6) is 0.653. The first-order valence-electron chi connectivity index (χ1n) is 7.52. The van der Waals surface area contributed by atoms with E-state index < -0.39 is 0 Å². The molecule has 120 valence electrons. The lowest BCUT2D eigenvalue weighted by molar-refractivity contribution is -0.132. The third-order valence-electron chi connectivity index (χ3n) is 4.44.